The van der Waals surface area contributed by atoms with Gasteiger partial charge in [-0.2, -0.15) is 0 Å². The summed E-state index contributed by atoms with van der Waals surface area (Å²) in [6.07, 6.45) is 0. The summed E-state index contributed by atoms with van der Waals surface area (Å²) in [5.74, 6) is -0.287. The molecule has 5 heteroatoms. The Hall–Kier alpha value is -2.40. The Bertz CT molecular complexity index is 676. The van der Waals surface area contributed by atoms with Crippen LogP contribution in [-0.4, -0.2) is 29.2 Å². The standard InChI is InChI=1S/C19H23FN2O2/c1-14-8-9-17(12-18(14)20)15(2)21-19(24)22(10-11-23)13-16-6-4-3-5-7-16/h3-9,12,15,23H,10-11,13H2,1-2H3,(H,21,24). The second-order valence-corrected chi connectivity index (χ2v) is 5.81. The van der Waals surface area contributed by atoms with Crippen molar-refractivity contribution in [2.24, 2.45) is 0 Å². The molecule has 2 aromatic carbocycles. The smallest absolute Gasteiger partial charge is 0.318 e. The molecule has 4 nitrogen and oxygen atoms in total. The van der Waals surface area contributed by atoms with E-state index in [2.05, 4.69) is 5.32 Å². The molecule has 0 aliphatic carbocycles. The van der Waals surface area contributed by atoms with Gasteiger partial charge in [-0.05, 0) is 36.6 Å². The molecular weight excluding hydrogens is 307 g/mol. The first-order valence-corrected chi connectivity index (χ1v) is 7.97. The Morgan fingerprint density at radius 3 is 2.58 bits per heavy atom. The third-order valence-corrected chi connectivity index (χ3v) is 3.91. The van der Waals surface area contributed by atoms with E-state index in [-0.39, 0.29) is 31.0 Å². The number of hydrogen-bond acceptors (Lipinski definition) is 2. The van der Waals surface area contributed by atoms with Crippen LogP contribution in [0.4, 0.5) is 9.18 Å². The highest BCUT2D eigenvalue weighted by Gasteiger charge is 2.17. The molecule has 2 rings (SSSR count). The van der Waals surface area contributed by atoms with Gasteiger partial charge in [-0.25, -0.2) is 9.18 Å². The number of carbonyl (C=O) groups excluding carboxylic acids is 1. The Morgan fingerprint density at radius 2 is 1.96 bits per heavy atom. The minimum atomic E-state index is -0.329. The molecule has 0 aliphatic heterocycles. The van der Waals surface area contributed by atoms with Crippen LogP contribution in [0.3, 0.4) is 0 Å². The van der Waals surface area contributed by atoms with E-state index in [1.54, 1.807) is 19.1 Å². The average Bonchev–Trinajstić information content (AvgIpc) is 2.57. The van der Waals surface area contributed by atoms with E-state index in [0.717, 1.165) is 5.56 Å². The zero-order valence-corrected chi connectivity index (χ0v) is 14.0. The number of benzene rings is 2. The van der Waals surface area contributed by atoms with Gasteiger partial charge in [-0.1, -0.05) is 42.5 Å². The van der Waals surface area contributed by atoms with Gasteiger partial charge in [-0.3, -0.25) is 0 Å². The van der Waals surface area contributed by atoms with Crippen LogP contribution in [0.15, 0.2) is 48.5 Å². The van der Waals surface area contributed by atoms with E-state index < -0.39 is 0 Å². The topological polar surface area (TPSA) is 52.6 Å². The summed E-state index contributed by atoms with van der Waals surface area (Å²) < 4.78 is 13.7. The molecule has 0 saturated carbocycles. The second kappa shape index (κ2) is 8.45. The molecule has 0 saturated heterocycles. The van der Waals surface area contributed by atoms with E-state index in [1.165, 1.54) is 11.0 Å². The Balaban J connectivity index is 2.04. The molecule has 0 spiro atoms. The van der Waals surface area contributed by atoms with Gasteiger partial charge in [0.1, 0.15) is 5.82 Å². The van der Waals surface area contributed by atoms with Gasteiger partial charge in [0.15, 0.2) is 0 Å². The van der Waals surface area contributed by atoms with Crippen molar-refractivity contribution in [3.8, 4) is 0 Å². The molecule has 0 bridgehead atoms. The molecule has 0 heterocycles. The number of rotatable bonds is 6. The van der Waals surface area contributed by atoms with Crippen LogP contribution >= 0.6 is 0 Å². The van der Waals surface area contributed by atoms with Gasteiger partial charge in [0.25, 0.3) is 0 Å². The molecule has 128 valence electrons. The first-order valence-electron chi connectivity index (χ1n) is 7.97. The summed E-state index contributed by atoms with van der Waals surface area (Å²) in [5.41, 5.74) is 2.26. The number of nitrogens with zero attached hydrogens (tertiary/aromatic N) is 1. The molecule has 0 radical (unpaired) electrons. The summed E-state index contributed by atoms with van der Waals surface area (Å²) in [7, 11) is 0. The van der Waals surface area contributed by atoms with Crippen LogP contribution in [0.5, 0.6) is 0 Å². The van der Waals surface area contributed by atoms with E-state index in [1.807, 2.05) is 37.3 Å². The monoisotopic (exact) mass is 330 g/mol. The fraction of sp³-hybridized carbons (Fsp3) is 0.316. The number of carbonyl (C=O) groups is 1. The zero-order chi connectivity index (χ0) is 17.5. The molecule has 1 unspecified atom stereocenters. The molecule has 0 aliphatic rings. The summed E-state index contributed by atoms with van der Waals surface area (Å²) in [4.78, 5) is 14.0. The van der Waals surface area contributed by atoms with Gasteiger partial charge >= 0.3 is 6.03 Å². The van der Waals surface area contributed by atoms with Gasteiger partial charge in [0.05, 0.1) is 12.6 Å². The lowest BCUT2D eigenvalue weighted by molar-refractivity contribution is 0.171. The van der Waals surface area contributed by atoms with Gasteiger partial charge < -0.3 is 15.3 Å². The average molecular weight is 330 g/mol. The van der Waals surface area contributed by atoms with Crippen molar-refractivity contribution in [2.45, 2.75) is 26.4 Å². The van der Waals surface area contributed by atoms with Crippen LogP contribution in [0.25, 0.3) is 0 Å². The van der Waals surface area contributed by atoms with E-state index >= 15 is 0 Å². The minimum Gasteiger partial charge on any atom is -0.395 e. The quantitative estimate of drug-likeness (QED) is 0.853. The predicted molar refractivity (Wildman–Crippen MR) is 92.0 cm³/mol. The van der Waals surface area contributed by atoms with Crippen LogP contribution in [0.1, 0.15) is 29.7 Å². The summed E-state index contributed by atoms with van der Waals surface area (Å²) in [5, 5.41) is 12.1. The molecule has 2 aromatic rings. The van der Waals surface area contributed by atoms with Crippen LogP contribution in [0.2, 0.25) is 0 Å². The highest BCUT2D eigenvalue weighted by atomic mass is 19.1. The number of amides is 2. The SMILES string of the molecule is Cc1ccc(C(C)NC(=O)N(CCO)Cc2ccccc2)cc1F. The van der Waals surface area contributed by atoms with Crippen LogP contribution in [-0.2, 0) is 6.54 Å². The van der Waals surface area contributed by atoms with Gasteiger partial charge in [-0.15, -0.1) is 0 Å². The number of hydrogen-bond donors (Lipinski definition) is 2. The Kier molecular flexibility index (Phi) is 6.32. The van der Waals surface area contributed by atoms with E-state index in [0.29, 0.717) is 17.7 Å². The molecular formula is C19H23FN2O2. The van der Waals surface area contributed by atoms with Gasteiger partial charge in [0, 0.05) is 13.1 Å². The first kappa shape index (κ1) is 17.9. The van der Waals surface area contributed by atoms with Crippen molar-refractivity contribution < 1.29 is 14.3 Å². The lowest BCUT2D eigenvalue weighted by Gasteiger charge is -2.25. The summed E-state index contributed by atoms with van der Waals surface area (Å²) in [6, 6.07) is 13.9. The van der Waals surface area contributed by atoms with Crippen molar-refractivity contribution >= 4 is 6.03 Å². The zero-order valence-electron chi connectivity index (χ0n) is 14.0. The van der Waals surface area contributed by atoms with Gasteiger partial charge in [0.2, 0.25) is 0 Å². The first-order chi connectivity index (χ1) is 11.5. The fourth-order valence-electron chi connectivity index (χ4n) is 2.42. The molecule has 2 amide bonds. The van der Waals surface area contributed by atoms with Crippen LogP contribution < -0.4 is 5.32 Å². The fourth-order valence-corrected chi connectivity index (χ4v) is 2.42. The van der Waals surface area contributed by atoms with Crippen molar-refractivity contribution in [1.29, 1.82) is 0 Å². The maximum absolute atomic E-state index is 13.7. The molecule has 2 N–H and O–H groups in total. The normalized spacial score (nSPS) is 11.8. The summed E-state index contributed by atoms with van der Waals surface area (Å²) in [6.45, 7) is 4.03. The number of urea groups is 1. The minimum absolute atomic E-state index is 0.117. The molecule has 0 fully saturated rings. The third kappa shape index (κ3) is 4.80. The van der Waals surface area contributed by atoms with Crippen molar-refractivity contribution in [3.63, 3.8) is 0 Å². The Morgan fingerprint density at radius 1 is 1.25 bits per heavy atom. The lowest BCUT2D eigenvalue weighted by atomic mass is 10.1. The molecule has 1 atom stereocenters. The highest BCUT2D eigenvalue weighted by molar-refractivity contribution is 5.74. The molecule has 24 heavy (non-hydrogen) atoms. The Labute approximate surface area is 141 Å². The van der Waals surface area contributed by atoms with Crippen molar-refractivity contribution in [1.82, 2.24) is 10.2 Å². The number of halogens is 1. The maximum Gasteiger partial charge on any atom is 0.318 e. The van der Waals surface area contributed by atoms with E-state index in [4.69, 9.17) is 0 Å². The highest BCUT2D eigenvalue weighted by Crippen LogP contribution is 2.17. The van der Waals surface area contributed by atoms with E-state index in [9.17, 15) is 14.3 Å². The molecule has 0 aromatic heterocycles. The number of aliphatic hydroxyl groups excluding tert-OH is 1. The maximum atomic E-state index is 13.7. The number of aliphatic hydroxyl groups is 1. The third-order valence-electron chi connectivity index (χ3n) is 3.91. The largest absolute Gasteiger partial charge is 0.395 e. The second-order valence-electron chi connectivity index (χ2n) is 5.81. The van der Waals surface area contributed by atoms with Crippen molar-refractivity contribution in [3.05, 3.63) is 71.0 Å². The summed E-state index contributed by atoms with van der Waals surface area (Å²) >= 11 is 0. The van der Waals surface area contributed by atoms with Crippen LogP contribution in [0, 0.1) is 12.7 Å². The van der Waals surface area contributed by atoms with Crippen molar-refractivity contribution in [2.75, 3.05) is 13.2 Å². The number of nitrogens with one attached hydrogen (secondary N) is 1. The predicted octanol–water partition coefficient (Wildman–Crippen LogP) is 3.40. The lowest BCUT2D eigenvalue weighted by Crippen LogP contribution is -2.42. The number of aryl methyl sites for hydroxylation is 1.